The molecule has 0 aromatic carbocycles. The normalized spacial score (nSPS) is 16.3. The van der Waals surface area contributed by atoms with Crippen LogP contribution in [0.3, 0.4) is 0 Å². The highest BCUT2D eigenvalue weighted by Gasteiger charge is 2.19. The van der Waals surface area contributed by atoms with Gasteiger partial charge in [0.1, 0.15) is 5.69 Å². The average molecular weight is 244 g/mol. The molecule has 18 heavy (non-hydrogen) atoms. The molecule has 0 atom stereocenters. The van der Waals surface area contributed by atoms with E-state index in [0.717, 1.165) is 18.5 Å². The van der Waals surface area contributed by atoms with Gasteiger partial charge in [-0.1, -0.05) is 12.8 Å². The monoisotopic (exact) mass is 244 g/mol. The van der Waals surface area contributed by atoms with E-state index in [9.17, 15) is 4.79 Å². The molecule has 0 unspecified atom stereocenters. The van der Waals surface area contributed by atoms with Crippen molar-refractivity contribution in [1.29, 1.82) is 0 Å². The fraction of sp³-hybridized carbons (Fsp3) is 0.462. The van der Waals surface area contributed by atoms with Gasteiger partial charge in [-0.05, 0) is 25.8 Å². The summed E-state index contributed by atoms with van der Waals surface area (Å²) in [7, 11) is 0. The fourth-order valence-corrected chi connectivity index (χ4v) is 2.51. The minimum atomic E-state index is -0.0580. The molecule has 2 aromatic rings. The van der Waals surface area contributed by atoms with Crippen molar-refractivity contribution in [3.63, 3.8) is 0 Å². The van der Waals surface area contributed by atoms with Gasteiger partial charge in [0.05, 0.1) is 5.69 Å². The van der Waals surface area contributed by atoms with Gasteiger partial charge < -0.3 is 5.32 Å². The third-order valence-electron chi connectivity index (χ3n) is 3.40. The number of aryl methyl sites for hydroxylation is 1. The van der Waals surface area contributed by atoms with Gasteiger partial charge in [0, 0.05) is 18.3 Å². The molecule has 2 aromatic heterocycles. The number of carbonyl (C=O) groups is 1. The second-order valence-corrected chi connectivity index (χ2v) is 4.84. The summed E-state index contributed by atoms with van der Waals surface area (Å²) in [5.41, 5.74) is 2.13. The molecule has 0 bridgehead atoms. The van der Waals surface area contributed by atoms with Gasteiger partial charge in [-0.25, -0.2) is 9.50 Å². The van der Waals surface area contributed by atoms with Crippen molar-refractivity contribution in [1.82, 2.24) is 19.9 Å². The van der Waals surface area contributed by atoms with Crippen molar-refractivity contribution >= 4 is 11.6 Å². The summed E-state index contributed by atoms with van der Waals surface area (Å²) >= 11 is 0. The summed E-state index contributed by atoms with van der Waals surface area (Å²) in [5.74, 6) is -0.0580. The lowest BCUT2D eigenvalue weighted by Gasteiger charge is -2.12. The molecule has 0 saturated heterocycles. The van der Waals surface area contributed by atoms with Crippen molar-refractivity contribution in [2.75, 3.05) is 0 Å². The third-order valence-corrected chi connectivity index (χ3v) is 3.40. The van der Waals surface area contributed by atoms with E-state index in [1.165, 1.54) is 12.8 Å². The van der Waals surface area contributed by atoms with Crippen molar-refractivity contribution in [2.45, 2.75) is 38.6 Å². The predicted molar refractivity (Wildman–Crippen MR) is 67.4 cm³/mol. The Morgan fingerprint density at radius 3 is 3.00 bits per heavy atom. The number of hydrogen-bond acceptors (Lipinski definition) is 3. The fourth-order valence-electron chi connectivity index (χ4n) is 2.51. The molecule has 1 saturated carbocycles. The molecule has 3 rings (SSSR count). The molecule has 1 amide bonds. The van der Waals surface area contributed by atoms with Crippen LogP contribution >= 0.6 is 0 Å². The summed E-state index contributed by atoms with van der Waals surface area (Å²) in [6.45, 7) is 1.90. The van der Waals surface area contributed by atoms with Crippen LogP contribution in [-0.4, -0.2) is 26.5 Å². The van der Waals surface area contributed by atoms with Crippen LogP contribution < -0.4 is 5.32 Å². The first-order chi connectivity index (χ1) is 8.74. The summed E-state index contributed by atoms with van der Waals surface area (Å²) in [4.78, 5) is 16.4. The van der Waals surface area contributed by atoms with E-state index in [1.54, 1.807) is 16.8 Å². The Morgan fingerprint density at radius 2 is 2.22 bits per heavy atom. The Morgan fingerprint density at radius 1 is 1.44 bits per heavy atom. The third kappa shape index (κ3) is 1.96. The molecule has 5 heteroatoms. The zero-order valence-corrected chi connectivity index (χ0v) is 10.4. The Labute approximate surface area is 105 Å². The highest BCUT2D eigenvalue weighted by Crippen LogP contribution is 2.18. The van der Waals surface area contributed by atoms with Crippen LogP contribution in [0.25, 0.3) is 5.65 Å². The summed E-state index contributed by atoms with van der Waals surface area (Å²) in [5, 5.41) is 7.37. The van der Waals surface area contributed by atoms with Crippen LogP contribution in [0.2, 0.25) is 0 Å². The lowest BCUT2D eigenvalue weighted by Crippen LogP contribution is -2.33. The van der Waals surface area contributed by atoms with Crippen LogP contribution in [0.5, 0.6) is 0 Å². The molecular weight excluding hydrogens is 228 g/mol. The van der Waals surface area contributed by atoms with Crippen LogP contribution in [0.4, 0.5) is 0 Å². The number of hydrogen-bond donors (Lipinski definition) is 1. The predicted octanol–water partition coefficient (Wildman–Crippen LogP) is 1.71. The van der Waals surface area contributed by atoms with E-state index in [1.807, 2.05) is 13.0 Å². The molecule has 0 aliphatic heterocycles. The van der Waals surface area contributed by atoms with Gasteiger partial charge >= 0.3 is 0 Å². The van der Waals surface area contributed by atoms with E-state index in [2.05, 4.69) is 15.4 Å². The van der Waals surface area contributed by atoms with Crippen LogP contribution in [0.15, 0.2) is 18.3 Å². The SMILES string of the molecule is Cc1cc2nccc(C(=O)NC3CCCC3)n2n1. The van der Waals surface area contributed by atoms with E-state index < -0.39 is 0 Å². The molecule has 0 radical (unpaired) electrons. The second-order valence-electron chi connectivity index (χ2n) is 4.84. The molecule has 1 N–H and O–H groups in total. The Balaban J connectivity index is 1.90. The number of amides is 1. The molecule has 5 nitrogen and oxygen atoms in total. The number of rotatable bonds is 2. The summed E-state index contributed by atoms with van der Waals surface area (Å²) < 4.78 is 1.61. The first-order valence-electron chi connectivity index (χ1n) is 6.36. The molecular formula is C13H16N4O. The van der Waals surface area contributed by atoms with Crippen molar-refractivity contribution in [2.24, 2.45) is 0 Å². The first kappa shape index (κ1) is 11.2. The molecule has 1 aliphatic carbocycles. The standard InChI is InChI=1S/C13H16N4O/c1-9-8-12-14-7-6-11(17(12)16-9)13(18)15-10-4-2-3-5-10/h6-8,10H,2-5H2,1H3,(H,15,18). The maximum atomic E-state index is 12.2. The number of nitrogens with one attached hydrogen (secondary N) is 1. The Bertz CT molecular complexity index is 584. The quantitative estimate of drug-likeness (QED) is 0.874. The van der Waals surface area contributed by atoms with Gasteiger partial charge in [0.2, 0.25) is 0 Å². The maximum absolute atomic E-state index is 12.2. The smallest absolute Gasteiger partial charge is 0.270 e. The number of nitrogens with zero attached hydrogens (tertiary/aromatic N) is 3. The molecule has 0 spiro atoms. The van der Waals surface area contributed by atoms with Crippen molar-refractivity contribution in [3.8, 4) is 0 Å². The zero-order valence-electron chi connectivity index (χ0n) is 10.4. The minimum absolute atomic E-state index is 0.0580. The van der Waals surface area contributed by atoms with E-state index in [0.29, 0.717) is 17.4 Å². The highest BCUT2D eigenvalue weighted by molar-refractivity contribution is 5.93. The van der Waals surface area contributed by atoms with Gasteiger partial charge in [-0.15, -0.1) is 0 Å². The van der Waals surface area contributed by atoms with Crippen LogP contribution in [-0.2, 0) is 0 Å². The first-order valence-corrected chi connectivity index (χ1v) is 6.36. The van der Waals surface area contributed by atoms with Crippen molar-refractivity contribution < 1.29 is 4.79 Å². The Kier molecular flexibility index (Phi) is 2.74. The van der Waals surface area contributed by atoms with Crippen molar-refractivity contribution in [3.05, 3.63) is 29.7 Å². The van der Waals surface area contributed by atoms with E-state index >= 15 is 0 Å². The van der Waals surface area contributed by atoms with Crippen LogP contribution in [0.1, 0.15) is 41.9 Å². The molecule has 2 heterocycles. The second kappa shape index (κ2) is 4.40. The summed E-state index contributed by atoms with van der Waals surface area (Å²) in [6.07, 6.45) is 6.23. The van der Waals surface area contributed by atoms with Crippen LogP contribution in [0, 0.1) is 6.92 Å². The summed E-state index contributed by atoms with van der Waals surface area (Å²) in [6, 6.07) is 3.90. The van der Waals surface area contributed by atoms with E-state index in [-0.39, 0.29) is 5.91 Å². The Hall–Kier alpha value is -1.91. The molecule has 1 aliphatic rings. The zero-order chi connectivity index (χ0) is 12.5. The minimum Gasteiger partial charge on any atom is -0.348 e. The number of fused-ring (bicyclic) bond motifs is 1. The lowest BCUT2D eigenvalue weighted by atomic mass is 10.2. The van der Waals surface area contributed by atoms with Gasteiger partial charge in [-0.2, -0.15) is 5.10 Å². The van der Waals surface area contributed by atoms with Gasteiger partial charge in [-0.3, -0.25) is 4.79 Å². The van der Waals surface area contributed by atoms with E-state index in [4.69, 9.17) is 0 Å². The number of carbonyl (C=O) groups excluding carboxylic acids is 1. The lowest BCUT2D eigenvalue weighted by molar-refractivity contribution is 0.0930. The van der Waals surface area contributed by atoms with Gasteiger partial charge in [0.15, 0.2) is 5.65 Å². The molecule has 94 valence electrons. The number of aromatic nitrogens is 3. The molecule has 1 fully saturated rings. The van der Waals surface area contributed by atoms with Gasteiger partial charge in [0.25, 0.3) is 5.91 Å². The highest BCUT2D eigenvalue weighted by atomic mass is 16.2. The topological polar surface area (TPSA) is 59.3 Å². The largest absolute Gasteiger partial charge is 0.348 e. The maximum Gasteiger partial charge on any atom is 0.270 e. The average Bonchev–Trinajstić information content (AvgIpc) is 2.95.